The molecule has 26 heavy (non-hydrogen) atoms. The molecular weight excluding hydrogens is 368 g/mol. The molecule has 2 aromatic carbocycles. The minimum Gasteiger partial charge on any atom is -0.484 e. The fourth-order valence-corrected chi connectivity index (χ4v) is 3.46. The lowest BCUT2D eigenvalue weighted by Gasteiger charge is -2.07. The zero-order valence-electron chi connectivity index (χ0n) is 14.6. The Balaban J connectivity index is 1.62. The van der Waals surface area contributed by atoms with Crippen molar-refractivity contribution in [3.05, 3.63) is 64.0 Å². The highest BCUT2D eigenvalue weighted by molar-refractivity contribution is 7.16. The fourth-order valence-electron chi connectivity index (χ4n) is 2.48. The number of hydrogen-bond donors (Lipinski definition) is 1. The number of thiazole rings is 1. The molecule has 3 aromatic rings. The normalized spacial score (nSPS) is 10.6. The van der Waals surface area contributed by atoms with E-state index < -0.39 is 0 Å². The predicted octanol–water partition coefficient (Wildman–Crippen LogP) is 5.35. The number of aromatic nitrogens is 1. The molecule has 3 rings (SSSR count). The third-order valence-corrected chi connectivity index (χ3v) is 4.98. The van der Waals surface area contributed by atoms with Crippen molar-refractivity contribution in [3.63, 3.8) is 0 Å². The molecule has 0 spiro atoms. The molecule has 0 aliphatic rings. The average molecular weight is 387 g/mol. The minimum atomic E-state index is -0.233. The highest BCUT2D eigenvalue weighted by atomic mass is 35.5. The van der Waals surface area contributed by atoms with Gasteiger partial charge < -0.3 is 4.74 Å². The Hall–Kier alpha value is -2.37. The van der Waals surface area contributed by atoms with Gasteiger partial charge in [-0.3, -0.25) is 10.1 Å². The van der Waals surface area contributed by atoms with Crippen molar-refractivity contribution in [1.82, 2.24) is 4.98 Å². The van der Waals surface area contributed by atoms with Crippen LogP contribution in [0.3, 0.4) is 0 Å². The van der Waals surface area contributed by atoms with Gasteiger partial charge in [0.15, 0.2) is 11.7 Å². The van der Waals surface area contributed by atoms with Crippen LogP contribution in [0.15, 0.2) is 48.5 Å². The highest BCUT2D eigenvalue weighted by Gasteiger charge is 2.12. The molecule has 0 atom stereocenters. The average Bonchev–Trinajstić information content (AvgIpc) is 3.01. The molecule has 0 radical (unpaired) electrons. The number of amides is 1. The van der Waals surface area contributed by atoms with E-state index in [1.54, 1.807) is 0 Å². The van der Waals surface area contributed by atoms with Crippen LogP contribution in [0, 0.1) is 6.92 Å². The maximum Gasteiger partial charge on any atom is 0.264 e. The third-order valence-electron chi connectivity index (χ3n) is 3.84. The number of nitrogens with one attached hydrogen (secondary N) is 1. The molecule has 6 heteroatoms. The number of benzene rings is 2. The Morgan fingerprint density at radius 2 is 2.00 bits per heavy atom. The third kappa shape index (κ3) is 4.62. The van der Waals surface area contributed by atoms with E-state index in [2.05, 4.69) is 17.2 Å². The lowest BCUT2D eigenvalue weighted by atomic mass is 10.1. The molecule has 4 nitrogen and oxygen atoms in total. The number of aryl methyl sites for hydroxylation is 2. The molecule has 0 fully saturated rings. The second kappa shape index (κ2) is 8.34. The van der Waals surface area contributed by atoms with Crippen LogP contribution >= 0.6 is 22.9 Å². The quantitative estimate of drug-likeness (QED) is 0.621. The zero-order chi connectivity index (χ0) is 18.5. The Kier molecular flexibility index (Phi) is 5.91. The Bertz CT molecular complexity index is 906. The van der Waals surface area contributed by atoms with Gasteiger partial charge in [0.1, 0.15) is 5.75 Å². The number of carbonyl (C=O) groups excluding carboxylic acids is 1. The van der Waals surface area contributed by atoms with Gasteiger partial charge in [0.25, 0.3) is 5.91 Å². The summed E-state index contributed by atoms with van der Waals surface area (Å²) in [7, 11) is 0. The van der Waals surface area contributed by atoms with Crippen LogP contribution in [-0.4, -0.2) is 17.5 Å². The molecule has 0 bridgehead atoms. The predicted molar refractivity (Wildman–Crippen MR) is 107 cm³/mol. The maximum absolute atomic E-state index is 12.2. The van der Waals surface area contributed by atoms with Crippen molar-refractivity contribution in [2.75, 3.05) is 11.9 Å². The second-order valence-electron chi connectivity index (χ2n) is 5.77. The number of ether oxygens (including phenoxy) is 1. The first-order valence-corrected chi connectivity index (χ1v) is 9.49. The van der Waals surface area contributed by atoms with Crippen LogP contribution in [0.1, 0.15) is 17.4 Å². The monoisotopic (exact) mass is 386 g/mol. The number of hydrogen-bond acceptors (Lipinski definition) is 4. The lowest BCUT2D eigenvalue weighted by molar-refractivity contribution is -0.118. The summed E-state index contributed by atoms with van der Waals surface area (Å²) in [4.78, 5) is 17.7. The van der Waals surface area contributed by atoms with Gasteiger partial charge in [0.05, 0.1) is 5.69 Å². The Morgan fingerprint density at radius 1 is 1.23 bits per heavy atom. The van der Waals surface area contributed by atoms with Crippen LogP contribution in [0.2, 0.25) is 5.02 Å². The van der Waals surface area contributed by atoms with E-state index in [-0.39, 0.29) is 12.5 Å². The van der Waals surface area contributed by atoms with E-state index in [1.807, 2.05) is 55.5 Å². The summed E-state index contributed by atoms with van der Waals surface area (Å²) in [6, 6.07) is 15.2. The molecular formula is C20H19ClN2O2S. The molecule has 1 heterocycles. The highest BCUT2D eigenvalue weighted by Crippen LogP contribution is 2.31. The molecule has 1 amide bonds. The van der Waals surface area contributed by atoms with Gasteiger partial charge >= 0.3 is 0 Å². The van der Waals surface area contributed by atoms with Crippen molar-refractivity contribution in [3.8, 4) is 17.0 Å². The van der Waals surface area contributed by atoms with E-state index >= 15 is 0 Å². The van der Waals surface area contributed by atoms with Gasteiger partial charge in [0.2, 0.25) is 0 Å². The standard InChI is InChI=1S/C20H19ClN2O2S/c1-3-14-5-4-6-17(11-14)25-12-18(24)22-20-23-19(13(2)26-20)15-7-9-16(21)10-8-15/h4-11H,3,12H2,1-2H3,(H,22,23,24). The first-order valence-electron chi connectivity index (χ1n) is 8.30. The van der Waals surface area contributed by atoms with E-state index in [0.29, 0.717) is 15.9 Å². The van der Waals surface area contributed by atoms with Crippen molar-refractivity contribution < 1.29 is 9.53 Å². The summed E-state index contributed by atoms with van der Waals surface area (Å²) >= 11 is 7.37. The number of rotatable bonds is 6. The van der Waals surface area contributed by atoms with Gasteiger partial charge in [0, 0.05) is 15.5 Å². The van der Waals surface area contributed by atoms with Crippen LogP contribution in [0.5, 0.6) is 5.75 Å². The molecule has 1 N–H and O–H groups in total. The summed E-state index contributed by atoms with van der Waals surface area (Å²) < 4.78 is 5.57. The summed E-state index contributed by atoms with van der Waals surface area (Å²) in [5.41, 5.74) is 2.99. The van der Waals surface area contributed by atoms with Crippen LogP contribution in [0.25, 0.3) is 11.3 Å². The zero-order valence-corrected chi connectivity index (χ0v) is 16.2. The van der Waals surface area contributed by atoms with E-state index in [4.69, 9.17) is 16.3 Å². The topological polar surface area (TPSA) is 51.2 Å². The molecule has 0 aliphatic carbocycles. The Labute approximate surface area is 161 Å². The van der Waals surface area contributed by atoms with Gasteiger partial charge in [-0.1, -0.05) is 42.8 Å². The number of halogens is 1. The summed E-state index contributed by atoms with van der Waals surface area (Å²) in [5, 5.41) is 4.04. The van der Waals surface area contributed by atoms with Gasteiger partial charge in [-0.15, -0.1) is 11.3 Å². The summed E-state index contributed by atoms with van der Waals surface area (Å²) in [5.74, 6) is 0.458. The van der Waals surface area contributed by atoms with Crippen LogP contribution in [0.4, 0.5) is 5.13 Å². The smallest absolute Gasteiger partial charge is 0.264 e. The molecule has 0 aliphatic heterocycles. The fraction of sp³-hybridized carbons (Fsp3) is 0.200. The van der Waals surface area contributed by atoms with E-state index in [9.17, 15) is 4.79 Å². The van der Waals surface area contributed by atoms with E-state index in [1.165, 1.54) is 16.9 Å². The van der Waals surface area contributed by atoms with Gasteiger partial charge in [-0.2, -0.15) is 0 Å². The molecule has 0 saturated carbocycles. The second-order valence-corrected chi connectivity index (χ2v) is 7.41. The molecule has 0 unspecified atom stereocenters. The first kappa shape index (κ1) is 18.4. The number of anilines is 1. The summed E-state index contributed by atoms with van der Waals surface area (Å²) in [6.07, 6.45) is 0.926. The maximum atomic E-state index is 12.2. The Morgan fingerprint density at radius 3 is 2.73 bits per heavy atom. The van der Waals surface area contributed by atoms with Crippen molar-refractivity contribution in [2.24, 2.45) is 0 Å². The van der Waals surface area contributed by atoms with Gasteiger partial charge in [-0.25, -0.2) is 4.98 Å². The lowest BCUT2D eigenvalue weighted by Crippen LogP contribution is -2.20. The van der Waals surface area contributed by atoms with Crippen molar-refractivity contribution in [2.45, 2.75) is 20.3 Å². The SMILES string of the molecule is CCc1cccc(OCC(=O)Nc2nc(-c3ccc(Cl)cc3)c(C)s2)c1. The summed E-state index contributed by atoms with van der Waals surface area (Å²) in [6.45, 7) is 4.00. The van der Waals surface area contributed by atoms with Gasteiger partial charge in [-0.05, 0) is 43.2 Å². The van der Waals surface area contributed by atoms with Crippen LogP contribution in [-0.2, 0) is 11.2 Å². The van der Waals surface area contributed by atoms with Crippen molar-refractivity contribution >= 4 is 34.0 Å². The molecule has 1 aromatic heterocycles. The van der Waals surface area contributed by atoms with E-state index in [0.717, 1.165) is 22.6 Å². The largest absolute Gasteiger partial charge is 0.484 e. The van der Waals surface area contributed by atoms with Crippen LogP contribution < -0.4 is 10.1 Å². The minimum absolute atomic E-state index is 0.0535. The number of carbonyl (C=O) groups is 1. The number of nitrogens with zero attached hydrogens (tertiary/aromatic N) is 1. The molecule has 134 valence electrons. The first-order chi connectivity index (χ1) is 12.5. The van der Waals surface area contributed by atoms with Crippen molar-refractivity contribution in [1.29, 1.82) is 0 Å². The molecule has 0 saturated heterocycles.